The molecule has 13 heavy (non-hydrogen) atoms. The van der Waals surface area contributed by atoms with Gasteiger partial charge >= 0.3 is 6.03 Å². The van der Waals surface area contributed by atoms with E-state index in [4.69, 9.17) is 4.74 Å². The van der Waals surface area contributed by atoms with Crippen LogP contribution < -0.4 is 0 Å². The fourth-order valence-corrected chi connectivity index (χ4v) is 1.57. The first-order chi connectivity index (χ1) is 6.15. The molecule has 1 aliphatic heterocycles. The lowest BCUT2D eigenvalue weighted by molar-refractivity contribution is 0.0468. The van der Waals surface area contributed by atoms with Gasteiger partial charge in [0.1, 0.15) is 0 Å². The molecular formula is C9H18N2O2. The molecule has 0 unspecified atom stereocenters. The van der Waals surface area contributed by atoms with E-state index in [9.17, 15) is 4.79 Å². The first-order valence-electron chi connectivity index (χ1n) is 4.64. The summed E-state index contributed by atoms with van der Waals surface area (Å²) in [7, 11) is 5.30. The third-order valence-corrected chi connectivity index (χ3v) is 2.43. The van der Waals surface area contributed by atoms with Gasteiger partial charge in [0.15, 0.2) is 0 Å². The van der Waals surface area contributed by atoms with Gasteiger partial charge in [-0.25, -0.2) is 4.79 Å². The maximum Gasteiger partial charge on any atom is 0.319 e. The molecule has 0 bridgehead atoms. The van der Waals surface area contributed by atoms with Gasteiger partial charge in [-0.15, -0.1) is 0 Å². The summed E-state index contributed by atoms with van der Waals surface area (Å²) in [6.07, 6.45) is 2.25. The third-order valence-electron chi connectivity index (χ3n) is 2.43. The summed E-state index contributed by atoms with van der Waals surface area (Å²) in [6, 6.07) is 0.106. The predicted molar refractivity (Wildman–Crippen MR) is 50.7 cm³/mol. The molecule has 0 aliphatic carbocycles. The molecule has 0 radical (unpaired) electrons. The van der Waals surface area contributed by atoms with Gasteiger partial charge in [0, 0.05) is 34.3 Å². The lowest BCUT2D eigenvalue weighted by Crippen LogP contribution is -2.45. The van der Waals surface area contributed by atoms with Crippen LogP contribution in [0.2, 0.25) is 0 Å². The molecule has 4 nitrogen and oxygen atoms in total. The zero-order valence-corrected chi connectivity index (χ0v) is 8.62. The van der Waals surface area contributed by atoms with E-state index in [2.05, 4.69) is 0 Å². The van der Waals surface area contributed by atoms with Crippen molar-refractivity contribution < 1.29 is 9.53 Å². The topological polar surface area (TPSA) is 32.8 Å². The Morgan fingerprint density at radius 3 is 2.31 bits per heavy atom. The van der Waals surface area contributed by atoms with Crippen molar-refractivity contribution >= 4 is 6.03 Å². The Balaban J connectivity index is 2.36. The van der Waals surface area contributed by atoms with Gasteiger partial charge in [-0.1, -0.05) is 0 Å². The van der Waals surface area contributed by atoms with Gasteiger partial charge in [0.2, 0.25) is 0 Å². The number of carbonyl (C=O) groups is 1. The van der Waals surface area contributed by atoms with Crippen LogP contribution >= 0.6 is 0 Å². The van der Waals surface area contributed by atoms with Crippen molar-refractivity contribution in [2.75, 3.05) is 34.3 Å². The Labute approximate surface area is 79.4 Å². The van der Waals surface area contributed by atoms with Crippen molar-refractivity contribution in [3.63, 3.8) is 0 Å². The number of ether oxygens (including phenoxy) is 1. The lowest BCUT2D eigenvalue weighted by atomic mass is 10.1. The molecule has 0 spiro atoms. The number of carbonyl (C=O) groups excluding carboxylic acids is 1. The quantitative estimate of drug-likeness (QED) is 0.606. The number of piperidine rings is 1. The molecule has 2 amide bonds. The van der Waals surface area contributed by atoms with Crippen LogP contribution in [0.4, 0.5) is 4.79 Å². The number of hydrogen-bond acceptors (Lipinski definition) is 2. The Hall–Kier alpha value is -0.770. The molecule has 0 aromatic heterocycles. The average Bonchev–Trinajstić information content (AvgIpc) is 2.17. The molecule has 0 aromatic carbocycles. The summed E-state index contributed by atoms with van der Waals surface area (Å²) in [6.45, 7) is 1.63. The van der Waals surface area contributed by atoms with E-state index < -0.39 is 0 Å². The number of rotatable bonds is 1. The van der Waals surface area contributed by atoms with Gasteiger partial charge in [-0.3, -0.25) is 0 Å². The summed E-state index contributed by atoms with van der Waals surface area (Å²) in [5, 5.41) is 0. The monoisotopic (exact) mass is 186 g/mol. The highest BCUT2D eigenvalue weighted by Gasteiger charge is 2.22. The molecule has 1 rings (SSSR count). The van der Waals surface area contributed by atoms with Gasteiger partial charge in [-0.2, -0.15) is 0 Å². The van der Waals surface area contributed by atoms with E-state index in [1.807, 2.05) is 4.90 Å². The van der Waals surface area contributed by atoms with Crippen LogP contribution in [0.15, 0.2) is 0 Å². The highest BCUT2D eigenvalue weighted by atomic mass is 16.5. The summed E-state index contributed by atoms with van der Waals surface area (Å²) in [5.74, 6) is 0. The van der Waals surface area contributed by atoms with Gasteiger partial charge in [-0.05, 0) is 12.8 Å². The summed E-state index contributed by atoms with van der Waals surface area (Å²) < 4.78 is 5.23. The van der Waals surface area contributed by atoms with Crippen LogP contribution in [0.5, 0.6) is 0 Å². The molecule has 1 fully saturated rings. The van der Waals surface area contributed by atoms with E-state index in [-0.39, 0.29) is 6.03 Å². The minimum atomic E-state index is 0.106. The van der Waals surface area contributed by atoms with E-state index in [0.29, 0.717) is 6.10 Å². The van der Waals surface area contributed by atoms with E-state index in [0.717, 1.165) is 25.9 Å². The summed E-state index contributed by atoms with van der Waals surface area (Å²) in [4.78, 5) is 15.0. The Morgan fingerprint density at radius 2 is 1.92 bits per heavy atom. The molecule has 4 heteroatoms. The van der Waals surface area contributed by atoms with Crippen molar-refractivity contribution in [2.45, 2.75) is 18.9 Å². The number of methoxy groups -OCH3 is 1. The SMILES string of the molecule is COC1CCN(C(=O)N(C)C)CC1. The van der Waals surface area contributed by atoms with E-state index >= 15 is 0 Å². The normalized spacial score (nSPS) is 18.8. The highest BCUT2D eigenvalue weighted by Crippen LogP contribution is 2.13. The number of amides is 2. The Bertz CT molecular complexity index is 174. The molecule has 0 atom stereocenters. The molecule has 76 valence electrons. The molecular weight excluding hydrogens is 168 g/mol. The van der Waals surface area contributed by atoms with Crippen molar-refractivity contribution in [3.05, 3.63) is 0 Å². The average molecular weight is 186 g/mol. The van der Waals surface area contributed by atoms with Gasteiger partial charge in [0.05, 0.1) is 6.10 Å². The third kappa shape index (κ3) is 2.59. The Morgan fingerprint density at radius 1 is 1.38 bits per heavy atom. The van der Waals surface area contributed by atoms with Crippen molar-refractivity contribution in [2.24, 2.45) is 0 Å². The Kier molecular flexibility index (Phi) is 3.54. The highest BCUT2D eigenvalue weighted by molar-refractivity contribution is 5.73. The first kappa shape index (κ1) is 10.3. The van der Waals surface area contributed by atoms with Gasteiger partial charge in [0.25, 0.3) is 0 Å². The number of likely N-dealkylation sites (tertiary alicyclic amines) is 1. The molecule has 1 saturated heterocycles. The van der Waals surface area contributed by atoms with Crippen LogP contribution in [0.25, 0.3) is 0 Å². The lowest BCUT2D eigenvalue weighted by Gasteiger charge is -2.32. The number of hydrogen-bond donors (Lipinski definition) is 0. The maximum atomic E-state index is 11.5. The van der Waals surface area contributed by atoms with Gasteiger partial charge < -0.3 is 14.5 Å². The van der Waals surface area contributed by atoms with Crippen LogP contribution in [0, 0.1) is 0 Å². The largest absolute Gasteiger partial charge is 0.381 e. The second kappa shape index (κ2) is 4.46. The minimum Gasteiger partial charge on any atom is -0.381 e. The molecule has 1 aliphatic rings. The van der Waals surface area contributed by atoms with Crippen molar-refractivity contribution in [3.8, 4) is 0 Å². The van der Waals surface area contributed by atoms with E-state index in [1.54, 1.807) is 26.1 Å². The minimum absolute atomic E-state index is 0.106. The van der Waals surface area contributed by atoms with Crippen LogP contribution in [0.1, 0.15) is 12.8 Å². The number of urea groups is 1. The number of nitrogens with zero attached hydrogens (tertiary/aromatic N) is 2. The summed E-state index contributed by atoms with van der Waals surface area (Å²) >= 11 is 0. The molecule has 0 N–H and O–H groups in total. The fourth-order valence-electron chi connectivity index (χ4n) is 1.57. The molecule has 0 aromatic rings. The fraction of sp³-hybridized carbons (Fsp3) is 0.889. The van der Waals surface area contributed by atoms with Crippen molar-refractivity contribution in [1.29, 1.82) is 0 Å². The van der Waals surface area contributed by atoms with Crippen LogP contribution in [-0.4, -0.2) is 56.2 Å². The molecule has 0 saturated carbocycles. The van der Waals surface area contributed by atoms with Crippen molar-refractivity contribution in [1.82, 2.24) is 9.80 Å². The standard InChI is InChI=1S/C9H18N2O2/c1-10(2)9(12)11-6-4-8(13-3)5-7-11/h8H,4-7H2,1-3H3. The second-order valence-electron chi connectivity index (χ2n) is 3.60. The maximum absolute atomic E-state index is 11.5. The zero-order valence-electron chi connectivity index (χ0n) is 8.62. The molecule has 1 heterocycles. The van der Waals surface area contributed by atoms with Crippen LogP contribution in [-0.2, 0) is 4.74 Å². The van der Waals surface area contributed by atoms with E-state index in [1.165, 1.54) is 0 Å². The predicted octanol–water partition coefficient (Wildman–Crippen LogP) is 0.779. The summed E-state index contributed by atoms with van der Waals surface area (Å²) in [5.41, 5.74) is 0. The van der Waals surface area contributed by atoms with Crippen LogP contribution in [0.3, 0.4) is 0 Å². The zero-order chi connectivity index (χ0) is 9.84. The first-order valence-corrected chi connectivity index (χ1v) is 4.64. The smallest absolute Gasteiger partial charge is 0.319 e. The second-order valence-corrected chi connectivity index (χ2v) is 3.60.